The quantitative estimate of drug-likeness (QED) is 0.401. The van der Waals surface area contributed by atoms with E-state index in [0.717, 1.165) is 19.8 Å². The molecule has 0 fully saturated rings. The van der Waals surface area contributed by atoms with Crippen LogP contribution < -0.4 is 5.32 Å². The minimum atomic E-state index is -2.64. The predicted molar refractivity (Wildman–Crippen MR) is 71.7 cm³/mol. The second-order valence-corrected chi connectivity index (χ2v) is 24.8. The molecule has 0 unspecified atom stereocenters. The Balaban J connectivity index is 3.42. The van der Waals surface area contributed by atoms with Crippen LogP contribution in [0.25, 0.3) is 0 Å². The topological polar surface area (TPSA) is 12.0 Å². The molecule has 0 saturated heterocycles. The van der Waals surface area contributed by atoms with Gasteiger partial charge in [-0.05, 0) is 0 Å². The third-order valence-corrected chi connectivity index (χ3v) is 19.5. The Morgan fingerprint density at radius 1 is 1.31 bits per heavy atom. The summed E-state index contributed by atoms with van der Waals surface area (Å²) in [6, 6.07) is 0. The van der Waals surface area contributed by atoms with Crippen LogP contribution in [-0.2, 0) is 0 Å². The molecule has 13 heavy (non-hydrogen) atoms. The molecule has 0 aromatic heterocycles. The zero-order valence-electron chi connectivity index (χ0n) is 8.11. The van der Waals surface area contributed by atoms with E-state index in [-0.39, 0.29) is 0 Å². The van der Waals surface area contributed by atoms with Crippen molar-refractivity contribution >= 4 is 57.5 Å². The molecule has 0 saturated carbocycles. The summed E-state index contributed by atoms with van der Waals surface area (Å²) in [6.07, 6.45) is 0. The first-order valence-electron chi connectivity index (χ1n) is 4.30. The molecular weight excluding hydrogens is 352 g/mol. The van der Waals surface area contributed by atoms with Gasteiger partial charge in [0, 0.05) is 0 Å². The SMILES string of the molecule is CCSC[CH2][Sn]([Cl])([Cl])[CH2]SCNC. The van der Waals surface area contributed by atoms with Crippen molar-refractivity contribution in [1.29, 1.82) is 0 Å². The van der Waals surface area contributed by atoms with Crippen molar-refractivity contribution < 1.29 is 0 Å². The molecule has 0 heterocycles. The summed E-state index contributed by atoms with van der Waals surface area (Å²) in [6.45, 7) is 2.17. The molecular formula is C7H17Cl2NS2Sn. The summed E-state index contributed by atoms with van der Waals surface area (Å²) < 4.78 is 2.08. The molecule has 0 atom stereocenters. The van der Waals surface area contributed by atoms with E-state index in [4.69, 9.17) is 17.8 Å². The van der Waals surface area contributed by atoms with Gasteiger partial charge in [-0.15, -0.1) is 0 Å². The molecule has 1 nitrogen and oxygen atoms in total. The third kappa shape index (κ3) is 10.3. The van der Waals surface area contributed by atoms with Crippen LogP contribution in [0.2, 0.25) is 4.44 Å². The van der Waals surface area contributed by atoms with E-state index in [9.17, 15) is 0 Å². The molecule has 0 bridgehead atoms. The number of halogens is 2. The van der Waals surface area contributed by atoms with Gasteiger partial charge in [0.05, 0.1) is 0 Å². The average molecular weight is 369 g/mol. The number of hydrogen-bond donors (Lipinski definition) is 1. The summed E-state index contributed by atoms with van der Waals surface area (Å²) in [7, 11) is 14.6. The first-order chi connectivity index (χ1) is 6.12. The van der Waals surface area contributed by atoms with Crippen LogP contribution >= 0.6 is 41.4 Å². The van der Waals surface area contributed by atoms with E-state index in [1.807, 2.05) is 30.6 Å². The van der Waals surface area contributed by atoms with Crippen molar-refractivity contribution in [3.05, 3.63) is 0 Å². The molecule has 0 aliphatic rings. The summed E-state index contributed by atoms with van der Waals surface area (Å²) in [5.74, 6) is 3.26. The van der Waals surface area contributed by atoms with Gasteiger partial charge in [0.1, 0.15) is 0 Å². The summed E-state index contributed by atoms with van der Waals surface area (Å²) in [5.41, 5.74) is 0. The van der Waals surface area contributed by atoms with E-state index in [0.29, 0.717) is 0 Å². The fourth-order valence-corrected chi connectivity index (χ4v) is 16.9. The molecule has 0 spiro atoms. The predicted octanol–water partition coefficient (Wildman–Crippen LogP) is 3.11. The fourth-order valence-electron chi connectivity index (χ4n) is 0.740. The van der Waals surface area contributed by atoms with Crippen LogP contribution in [0.4, 0.5) is 0 Å². The summed E-state index contributed by atoms with van der Waals surface area (Å²) in [4.78, 5) is 0. The van der Waals surface area contributed by atoms with E-state index >= 15 is 0 Å². The maximum atomic E-state index is 6.32. The van der Waals surface area contributed by atoms with Crippen molar-refractivity contribution in [2.75, 3.05) is 28.2 Å². The van der Waals surface area contributed by atoms with Crippen molar-refractivity contribution in [1.82, 2.24) is 5.32 Å². The molecule has 0 rings (SSSR count). The van der Waals surface area contributed by atoms with Crippen LogP contribution in [0.5, 0.6) is 0 Å². The first-order valence-corrected chi connectivity index (χ1v) is 17.9. The van der Waals surface area contributed by atoms with E-state index in [1.165, 1.54) is 5.75 Å². The molecule has 0 amide bonds. The second-order valence-electron chi connectivity index (χ2n) is 2.65. The molecule has 0 aliphatic heterocycles. The molecule has 0 aromatic rings. The molecule has 6 heteroatoms. The zero-order valence-corrected chi connectivity index (χ0v) is 14.1. The van der Waals surface area contributed by atoms with E-state index < -0.39 is 16.1 Å². The van der Waals surface area contributed by atoms with Gasteiger partial charge in [-0.25, -0.2) is 0 Å². The van der Waals surface area contributed by atoms with Crippen LogP contribution in [0.3, 0.4) is 0 Å². The normalized spacial score (nSPS) is 12.0. The number of thioether (sulfide) groups is 2. The summed E-state index contributed by atoms with van der Waals surface area (Å²) >= 11 is 1.12. The molecule has 0 aliphatic carbocycles. The van der Waals surface area contributed by atoms with E-state index in [2.05, 4.69) is 12.2 Å². The van der Waals surface area contributed by atoms with Crippen LogP contribution in [0.1, 0.15) is 6.92 Å². The van der Waals surface area contributed by atoms with Crippen molar-refractivity contribution in [2.24, 2.45) is 0 Å². The Hall–Kier alpha value is 2.04. The molecule has 1 N–H and O–H groups in total. The van der Waals surface area contributed by atoms with Crippen LogP contribution in [-0.4, -0.2) is 44.3 Å². The second kappa shape index (κ2) is 9.28. The van der Waals surface area contributed by atoms with E-state index in [1.54, 1.807) is 0 Å². The van der Waals surface area contributed by atoms with Crippen LogP contribution in [0.15, 0.2) is 0 Å². The van der Waals surface area contributed by atoms with Crippen molar-refractivity contribution in [3.8, 4) is 0 Å². The van der Waals surface area contributed by atoms with Gasteiger partial charge < -0.3 is 0 Å². The standard InChI is InChI=1S/C4H9S.C3H8NS.2ClH.Sn/c1-3-5-4-2;1-4-3-5-2;;;/h1,3-4H2,2H3;4H,2-3H2,1H3;2*1H;/q;;;;+2/p-2. The summed E-state index contributed by atoms with van der Waals surface area (Å²) in [5, 5.41) is 3.08. The van der Waals surface area contributed by atoms with Gasteiger partial charge in [-0.1, -0.05) is 0 Å². The fraction of sp³-hybridized carbons (Fsp3) is 1.00. The van der Waals surface area contributed by atoms with Crippen LogP contribution in [0, 0.1) is 0 Å². The molecule has 0 radical (unpaired) electrons. The Morgan fingerprint density at radius 3 is 2.54 bits per heavy atom. The van der Waals surface area contributed by atoms with Gasteiger partial charge in [0.2, 0.25) is 0 Å². The minimum absolute atomic E-state index is 0.957. The van der Waals surface area contributed by atoms with Crippen molar-refractivity contribution in [3.63, 3.8) is 0 Å². The van der Waals surface area contributed by atoms with Crippen molar-refractivity contribution in [2.45, 2.75) is 11.4 Å². The third-order valence-electron chi connectivity index (χ3n) is 1.38. The Labute approximate surface area is 101 Å². The Kier molecular flexibility index (Phi) is 10.7. The first kappa shape index (κ1) is 15.0. The number of rotatable bonds is 8. The zero-order chi connectivity index (χ0) is 10.2. The molecule has 0 aromatic carbocycles. The van der Waals surface area contributed by atoms with Gasteiger partial charge in [0.15, 0.2) is 0 Å². The maximum absolute atomic E-state index is 6.32. The monoisotopic (exact) mass is 369 g/mol. The Morgan fingerprint density at radius 2 is 2.00 bits per heavy atom. The molecule has 80 valence electrons. The van der Waals surface area contributed by atoms with Gasteiger partial charge >= 0.3 is 102 Å². The average Bonchev–Trinajstić information content (AvgIpc) is 2.05. The Bertz CT molecular complexity index is 115. The number of hydrogen-bond acceptors (Lipinski definition) is 3. The van der Waals surface area contributed by atoms with Gasteiger partial charge in [0.25, 0.3) is 0 Å². The van der Waals surface area contributed by atoms with Gasteiger partial charge in [-0.2, -0.15) is 0 Å². The van der Waals surface area contributed by atoms with Gasteiger partial charge in [-0.3, -0.25) is 0 Å². The number of nitrogens with one attached hydrogen (secondary N) is 1.